The average molecular weight is 268 g/mol. The van der Waals surface area contributed by atoms with Crippen molar-refractivity contribution in [2.75, 3.05) is 13.1 Å². The molecule has 1 aliphatic rings. The van der Waals surface area contributed by atoms with Gasteiger partial charge in [0.05, 0.1) is 0 Å². The topological polar surface area (TPSA) is 82.3 Å². The van der Waals surface area contributed by atoms with Gasteiger partial charge >= 0.3 is 0 Å². The Bertz CT molecular complexity index is 725. The Morgan fingerprint density at radius 2 is 2.20 bits per heavy atom. The van der Waals surface area contributed by atoms with E-state index in [-0.39, 0.29) is 5.92 Å². The Morgan fingerprint density at radius 1 is 1.30 bits per heavy atom. The largest absolute Gasteiger partial charge is 0.361 e. The van der Waals surface area contributed by atoms with E-state index in [1.165, 1.54) is 22.0 Å². The summed E-state index contributed by atoms with van der Waals surface area (Å²) in [4.78, 5) is 3.36. The van der Waals surface area contributed by atoms with Crippen LogP contribution in [0.15, 0.2) is 24.4 Å². The number of hydrogen-bond donors (Lipinski definition) is 3. The van der Waals surface area contributed by atoms with E-state index in [9.17, 15) is 0 Å². The molecule has 3 aromatic rings. The number of aromatic nitrogens is 5. The Labute approximate surface area is 116 Å². The Morgan fingerprint density at radius 3 is 2.90 bits per heavy atom. The molecule has 3 N–H and O–H groups in total. The number of fused-ring (bicyclic) bond motifs is 1. The number of hydrogen-bond acceptors (Lipinski definition) is 4. The van der Waals surface area contributed by atoms with Crippen LogP contribution in [-0.4, -0.2) is 38.7 Å². The first-order chi connectivity index (χ1) is 9.83. The van der Waals surface area contributed by atoms with Crippen LogP contribution in [0, 0.1) is 0 Å². The maximum Gasteiger partial charge on any atom is 0.155 e. The van der Waals surface area contributed by atoms with E-state index in [1.807, 2.05) is 0 Å². The van der Waals surface area contributed by atoms with Crippen LogP contribution in [0.25, 0.3) is 10.9 Å². The predicted octanol–water partition coefficient (Wildman–Crippen LogP) is 1.52. The molecule has 6 heteroatoms. The number of aromatic amines is 2. The second-order valence-corrected chi connectivity index (χ2v) is 5.41. The number of nitrogens with one attached hydrogen (secondary N) is 3. The highest BCUT2D eigenvalue weighted by molar-refractivity contribution is 5.84. The van der Waals surface area contributed by atoms with E-state index in [2.05, 4.69) is 62.2 Å². The number of benzene rings is 1. The van der Waals surface area contributed by atoms with E-state index in [0.717, 1.165) is 18.9 Å². The van der Waals surface area contributed by atoms with Gasteiger partial charge in [0.25, 0.3) is 0 Å². The smallest absolute Gasteiger partial charge is 0.155 e. The fourth-order valence-corrected chi connectivity index (χ4v) is 2.78. The number of tetrazole rings is 1. The molecule has 2 aromatic heterocycles. The molecule has 0 amide bonds. The second-order valence-electron chi connectivity index (χ2n) is 5.41. The predicted molar refractivity (Wildman–Crippen MR) is 75.6 cm³/mol. The van der Waals surface area contributed by atoms with Crippen LogP contribution in [0.1, 0.15) is 35.7 Å². The molecule has 1 atom stereocenters. The first-order valence-electron chi connectivity index (χ1n) is 6.88. The molecule has 1 saturated heterocycles. The lowest BCUT2D eigenvalue weighted by Crippen LogP contribution is -2.39. The van der Waals surface area contributed by atoms with Crippen LogP contribution >= 0.6 is 0 Å². The molecule has 4 rings (SSSR count). The molecule has 1 unspecified atom stereocenters. The Kier molecular flexibility index (Phi) is 2.56. The Hall–Kier alpha value is -2.21. The minimum atomic E-state index is 0.164. The summed E-state index contributed by atoms with van der Waals surface area (Å²) in [7, 11) is 0. The van der Waals surface area contributed by atoms with Gasteiger partial charge in [-0.1, -0.05) is 13.0 Å². The summed E-state index contributed by atoms with van der Waals surface area (Å²) in [5.74, 6) is 1.59. The molecule has 0 aliphatic carbocycles. The van der Waals surface area contributed by atoms with E-state index in [0.29, 0.717) is 5.92 Å². The van der Waals surface area contributed by atoms with Crippen molar-refractivity contribution in [2.45, 2.75) is 18.8 Å². The lowest BCUT2D eigenvalue weighted by molar-refractivity contribution is 0.451. The summed E-state index contributed by atoms with van der Waals surface area (Å²) in [5, 5.41) is 18.8. The molecule has 102 valence electrons. The maximum atomic E-state index is 4.01. The van der Waals surface area contributed by atoms with E-state index in [4.69, 9.17) is 0 Å². The van der Waals surface area contributed by atoms with E-state index < -0.39 is 0 Å². The highest BCUT2D eigenvalue weighted by Crippen LogP contribution is 2.31. The van der Waals surface area contributed by atoms with Crippen LogP contribution in [0.3, 0.4) is 0 Å². The SMILES string of the molecule is CC(c1ccc2[nH]cc(C3CNC3)c2c1)c1nnn[nH]1. The van der Waals surface area contributed by atoms with Crippen molar-refractivity contribution in [3.63, 3.8) is 0 Å². The van der Waals surface area contributed by atoms with Crippen LogP contribution in [0.5, 0.6) is 0 Å². The van der Waals surface area contributed by atoms with Gasteiger partial charge in [0.2, 0.25) is 0 Å². The van der Waals surface area contributed by atoms with E-state index >= 15 is 0 Å². The Balaban J connectivity index is 1.77. The quantitative estimate of drug-likeness (QED) is 0.672. The monoisotopic (exact) mass is 268 g/mol. The zero-order chi connectivity index (χ0) is 13.5. The number of rotatable bonds is 3. The molecule has 0 bridgehead atoms. The van der Waals surface area contributed by atoms with Crippen molar-refractivity contribution >= 4 is 10.9 Å². The fourth-order valence-electron chi connectivity index (χ4n) is 2.78. The molecular weight excluding hydrogens is 252 g/mol. The third-order valence-electron chi connectivity index (χ3n) is 4.23. The van der Waals surface area contributed by atoms with Crippen LogP contribution in [0.2, 0.25) is 0 Å². The fraction of sp³-hybridized carbons (Fsp3) is 0.357. The maximum absolute atomic E-state index is 4.01. The first-order valence-corrected chi connectivity index (χ1v) is 6.88. The molecule has 1 fully saturated rings. The van der Waals surface area contributed by atoms with Crippen LogP contribution < -0.4 is 5.32 Å². The highest BCUT2D eigenvalue weighted by Gasteiger charge is 2.22. The van der Waals surface area contributed by atoms with Gasteiger partial charge in [0, 0.05) is 42.0 Å². The molecule has 3 heterocycles. The standard InChI is InChI=1S/C14H16N6/c1-8(14-17-19-20-18-14)9-2-3-13-11(4-9)12(7-16-13)10-5-15-6-10/h2-4,7-8,10,15-16H,5-6H2,1H3,(H,17,18,19,20). The zero-order valence-corrected chi connectivity index (χ0v) is 11.2. The van der Waals surface area contributed by atoms with Gasteiger partial charge in [-0.15, -0.1) is 5.10 Å². The van der Waals surface area contributed by atoms with Gasteiger partial charge in [-0.05, 0) is 33.7 Å². The lowest BCUT2D eigenvalue weighted by atomic mass is 9.91. The molecule has 1 aromatic carbocycles. The molecule has 6 nitrogen and oxygen atoms in total. The first kappa shape index (κ1) is 11.6. The van der Waals surface area contributed by atoms with Crippen molar-refractivity contribution in [1.82, 2.24) is 30.9 Å². The van der Waals surface area contributed by atoms with Crippen LogP contribution in [-0.2, 0) is 0 Å². The van der Waals surface area contributed by atoms with Crippen molar-refractivity contribution in [1.29, 1.82) is 0 Å². The van der Waals surface area contributed by atoms with E-state index in [1.54, 1.807) is 0 Å². The summed E-state index contributed by atoms with van der Waals surface area (Å²) >= 11 is 0. The molecular formula is C14H16N6. The summed E-state index contributed by atoms with van der Waals surface area (Å²) in [6, 6.07) is 6.53. The molecule has 1 aliphatic heterocycles. The van der Waals surface area contributed by atoms with Gasteiger partial charge in [0.1, 0.15) is 0 Å². The normalized spacial score (nSPS) is 17.2. The van der Waals surface area contributed by atoms with Crippen molar-refractivity contribution in [3.8, 4) is 0 Å². The van der Waals surface area contributed by atoms with Gasteiger partial charge in [0.15, 0.2) is 5.82 Å². The van der Waals surface area contributed by atoms with Crippen molar-refractivity contribution in [2.24, 2.45) is 0 Å². The minimum absolute atomic E-state index is 0.164. The summed E-state index contributed by atoms with van der Waals surface area (Å²) in [6.45, 7) is 4.25. The number of nitrogens with zero attached hydrogens (tertiary/aromatic N) is 3. The summed E-state index contributed by atoms with van der Waals surface area (Å²) in [5.41, 5.74) is 3.83. The van der Waals surface area contributed by atoms with Gasteiger partial charge in [-0.3, -0.25) is 0 Å². The van der Waals surface area contributed by atoms with Gasteiger partial charge in [-0.25, -0.2) is 5.10 Å². The number of H-pyrrole nitrogens is 2. The third kappa shape index (κ3) is 1.72. The lowest BCUT2D eigenvalue weighted by Gasteiger charge is -2.26. The van der Waals surface area contributed by atoms with Gasteiger partial charge < -0.3 is 10.3 Å². The zero-order valence-electron chi connectivity index (χ0n) is 11.2. The highest BCUT2D eigenvalue weighted by atomic mass is 15.5. The van der Waals surface area contributed by atoms with Crippen LogP contribution in [0.4, 0.5) is 0 Å². The van der Waals surface area contributed by atoms with Crippen molar-refractivity contribution in [3.05, 3.63) is 41.3 Å². The average Bonchev–Trinajstić information content (AvgIpc) is 3.05. The molecule has 0 spiro atoms. The van der Waals surface area contributed by atoms with Gasteiger partial charge in [-0.2, -0.15) is 0 Å². The van der Waals surface area contributed by atoms with Crippen molar-refractivity contribution < 1.29 is 0 Å². The minimum Gasteiger partial charge on any atom is -0.361 e. The molecule has 0 radical (unpaired) electrons. The third-order valence-corrected chi connectivity index (χ3v) is 4.23. The molecule has 0 saturated carbocycles. The second kappa shape index (κ2) is 4.42. The molecule has 20 heavy (non-hydrogen) atoms. The summed E-state index contributed by atoms with van der Waals surface area (Å²) < 4.78 is 0. The summed E-state index contributed by atoms with van der Waals surface area (Å²) in [6.07, 6.45) is 2.14.